The molecule has 1 aromatic heterocycles. The molecule has 126 valence electrons. The molecule has 2 amide bonds. The minimum Gasteiger partial charge on any atom is -0.365 e. The normalized spacial score (nSPS) is 24.4. The third kappa shape index (κ3) is 3.58. The fraction of sp³-hybridized carbons (Fsp3) is 0.647. The van der Waals surface area contributed by atoms with Gasteiger partial charge in [0.15, 0.2) is 0 Å². The van der Waals surface area contributed by atoms with E-state index in [1.807, 2.05) is 0 Å². The number of carbonyl (C=O) groups is 2. The number of nitrogens with two attached hydrogens (primary N) is 1. The van der Waals surface area contributed by atoms with Gasteiger partial charge in [-0.2, -0.15) is 0 Å². The van der Waals surface area contributed by atoms with Gasteiger partial charge < -0.3 is 11.1 Å². The number of piperidine rings is 1. The molecule has 0 aromatic carbocycles. The summed E-state index contributed by atoms with van der Waals surface area (Å²) in [6, 6.07) is 0. The maximum absolute atomic E-state index is 12.4. The first kappa shape index (κ1) is 16.5. The topological polar surface area (TPSA) is 75.4 Å². The van der Waals surface area contributed by atoms with Crippen LogP contribution in [0.2, 0.25) is 0 Å². The first-order valence-corrected chi connectivity index (χ1v) is 9.22. The van der Waals surface area contributed by atoms with Gasteiger partial charge in [0.25, 0.3) is 5.91 Å². The van der Waals surface area contributed by atoms with Crippen LogP contribution in [0.25, 0.3) is 0 Å². The monoisotopic (exact) mass is 335 g/mol. The maximum Gasteiger partial charge on any atom is 0.251 e. The molecule has 3 N–H and O–H groups in total. The Balaban J connectivity index is 1.68. The van der Waals surface area contributed by atoms with E-state index >= 15 is 0 Å². The lowest BCUT2D eigenvalue weighted by molar-refractivity contribution is -0.117. The lowest BCUT2D eigenvalue weighted by Gasteiger charge is -2.34. The Kier molecular flexibility index (Phi) is 4.73. The van der Waals surface area contributed by atoms with Crippen molar-refractivity contribution in [2.24, 2.45) is 17.6 Å². The van der Waals surface area contributed by atoms with Crippen molar-refractivity contribution in [3.05, 3.63) is 16.0 Å². The molecule has 0 bridgehead atoms. The van der Waals surface area contributed by atoms with Crippen LogP contribution in [-0.4, -0.2) is 36.3 Å². The molecule has 1 aliphatic carbocycles. The largest absolute Gasteiger partial charge is 0.365 e. The number of hydrogen-bond donors (Lipinski definition) is 2. The number of nitrogens with zero attached hydrogens (tertiary/aromatic N) is 1. The number of rotatable bonds is 4. The van der Waals surface area contributed by atoms with E-state index in [1.54, 1.807) is 0 Å². The van der Waals surface area contributed by atoms with Crippen molar-refractivity contribution in [3.8, 4) is 0 Å². The molecule has 2 aliphatic rings. The first-order chi connectivity index (χ1) is 10.9. The molecule has 2 unspecified atom stereocenters. The van der Waals surface area contributed by atoms with Crippen molar-refractivity contribution >= 4 is 28.2 Å². The number of amides is 2. The van der Waals surface area contributed by atoms with E-state index in [4.69, 9.17) is 5.73 Å². The Labute approximate surface area is 141 Å². The molecule has 2 atom stereocenters. The molecule has 6 heteroatoms. The number of thiophene rings is 1. The molecular formula is C17H25N3O2S. The zero-order chi connectivity index (χ0) is 16.6. The molecule has 23 heavy (non-hydrogen) atoms. The third-order valence-electron chi connectivity index (χ3n) is 4.73. The number of fused-ring (bicyclic) bond motifs is 1. The first-order valence-electron chi connectivity index (χ1n) is 8.40. The number of likely N-dealkylation sites (tertiary alicyclic amines) is 1. The summed E-state index contributed by atoms with van der Waals surface area (Å²) in [4.78, 5) is 27.6. The van der Waals surface area contributed by atoms with Gasteiger partial charge in [-0.1, -0.05) is 13.8 Å². The molecule has 0 saturated carbocycles. The van der Waals surface area contributed by atoms with Crippen molar-refractivity contribution in [1.82, 2.24) is 4.90 Å². The zero-order valence-corrected chi connectivity index (χ0v) is 14.7. The summed E-state index contributed by atoms with van der Waals surface area (Å²) in [6.07, 6.45) is 4.17. The van der Waals surface area contributed by atoms with Gasteiger partial charge in [-0.3, -0.25) is 14.5 Å². The number of nitrogens with one attached hydrogen (secondary N) is 1. The standard InChI is InChI=1S/C17H25N3O2S/c1-10-6-11(2)8-20(7-10)9-14(21)19-17-15(16(18)22)12-4-3-5-13(12)23-17/h10-11H,3-9H2,1-2H3,(H2,18,22)(H,19,21). The molecule has 3 rings (SSSR count). The Morgan fingerprint density at radius 2 is 1.96 bits per heavy atom. The summed E-state index contributed by atoms with van der Waals surface area (Å²) in [7, 11) is 0. The molecule has 0 radical (unpaired) electrons. The van der Waals surface area contributed by atoms with Crippen LogP contribution in [0, 0.1) is 11.8 Å². The number of primary amides is 1. The van der Waals surface area contributed by atoms with Gasteiger partial charge in [0.2, 0.25) is 5.91 Å². The van der Waals surface area contributed by atoms with Crippen molar-refractivity contribution in [3.63, 3.8) is 0 Å². The van der Waals surface area contributed by atoms with Crippen molar-refractivity contribution in [2.45, 2.75) is 39.5 Å². The fourth-order valence-corrected chi connectivity index (χ4v) is 5.35. The van der Waals surface area contributed by atoms with Crippen LogP contribution < -0.4 is 11.1 Å². The van der Waals surface area contributed by atoms with E-state index in [0.29, 0.717) is 28.9 Å². The highest BCUT2D eigenvalue weighted by molar-refractivity contribution is 7.17. The van der Waals surface area contributed by atoms with E-state index in [0.717, 1.165) is 37.9 Å². The predicted molar refractivity (Wildman–Crippen MR) is 92.9 cm³/mol. The Hall–Kier alpha value is -1.40. The summed E-state index contributed by atoms with van der Waals surface area (Å²) < 4.78 is 0. The average Bonchev–Trinajstić information content (AvgIpc) is 2.96. The lowest BCUT2D eigenvalue weighted by atomic mass is 9.92. The van der Waals surface area contributed by atoms with Gasteiger partial charge in [0.05, 0.1) is 12.1 Å². The number of anilines is 1. The zero-order valence-electron chi connectivity index (χ0n) is 13.9. The van der Waals surface area contributed by atoms with Crippen molar-refractivity contribution in [1.29, 1.82) is 0 Å². The van der Waals surface area contributed by atoms with Gasteiger partial charge >= 0.3 is 0 Å². The summed E-state index contributed by atoms with van der Waals surface area (Å²) in [6.45, 7) is 6.77. The summed E-state index contributed by atoms with van der Waals surface area (Å²) in [5.74, 6) is 0.769. The van der Waals surface area contributed by atoms with Crippen LogP contribution in [-0.2, 0) is 17.6 Å². The average molecular weight is 335 g/mol. The number of carbonyl (C=O) groups excluding carboxylic acids is 2. The van der Waals surface area contributed by atoms with E-state index in [9.17, 15) is 9.59 Å². The van der Waals surface area contributed by atoms with Crippen LogP contribution in [0.4, 0.5) is 5.00 Å². The highest BCUT2D eigenvalue weighted by atomic mass is 32.1. The van der Waals surface area contributed by atoms with Crippen molar-refractivity contribution in [2.75, 3.05) is 25.0 Å². The summed E-state index contributed by atoms with van der Waals surface area (Å²) in [5, 5.41) is 3.58. The van der Waals surface area contributed by atoms with Crippen LogP contribution in [0.15, 0.2) is 0 Å². The highest BCUT2D eigenvalue weighted by Gasteiger charge is 2.27. The molecule has 2 heterocycles. The van der Waals surface area contributed by atoms with Gasteiger partial charge in [-0.25, -0.2) is 0 Å². The maximum atomic E-state index is 12.4. The second-order valence-corrected chi connectivity index (χ2v) is 8.22. The number of hydrogen-bond acceptors (Lipinski definition) is 4. The molecular weight excluding hydrogens is 310 g/mol. The van der Waals surface area contributed by atoms with Crippen LogP contribution in [0.3, 0.4) is 0 Å². The van der Waals surface area contributed by atoms with Gasteiger partial charge in [0, 0.05) is 18.0 Å². The van der Waals surface area contributed by atoms with E-state index in [-0.39, 0.29) is 5.91 Å². The Morgan fingerprint density at radius 1 is 1.26 bits per heavy atom. The Bertz CT molecular complexity index is 616. The molecule has 5 nitrogen and oxygen atoms in total. The Morgan fingerprint density at radius 3 is 2.61 bits per heavy atom. The third-order valence-corrected chi connectivity index (χ3v) is 5.94. The van der Waals surface area contributed by atoms with E-state index < -0.39 is 5.91 Å². The van der Waals surface area contributed by atoms with Gasteiger partial charge in [0.1, 0.15) is 5.00 Å². The van der Waals surface area contributed by atoms with Gasteiger partial charge in [-0.15, -0.1) is 11.3 Å². The smallest absolute Gasteiger partial charge is 0.251 e. The number of aryl methyl sites for hydroxylation is 1. The minimum atomic E-state index is -0.431. The minimum absolute atomic E-state index is 0.0475. The van der Waals surface area contributed by atoms with Crippen LogP contribution in [0.5, 0.6) is 0 Å². The van der Waals surface area contributed by atoms with E-state index in [1.165, 1.54) is 22.6 Å². The summed E-state index contributed by atoms with van der Waals surface area (Å²) in [5.41, 5.74) is 7.13. The second-order valence-electron chi connectivity index (χ2n) is 7.11. The van der Waals surface area contributed by atoms with Crippen molar-refractivity contribution < 1.29 is 9.59 Å². The molecule has 0 spiro atoms. The van der Waals surface area contributed by atoms with E-state index in [2.05, 4.69) is 24.1 Å². The van der Waals surface area contributed by atoms with Gasteiger partial charge in [-0.05, 0) is 43.1 Å². The molecule has 1 fully saturated rings. The fourth-order valence-electron chi connectivity index (χ4n) is 4.04. The second kappa shape index (κ2) is 6.61. The molecule has 1 saturated heterocycles. The lowest BCUT2D eigenvalue weighted by Crippen LogP contribution is -2.42. The summed E-state index contributed by atoms with van der Waals surface area (Å²) >= 11 is 1.52. The SMILES string of the molecule is CC1CC(C)CN(CC(=O)Nc2sc3c(c2C(N)=O)CCC3)C1. The predicted octanol–water partition coefficient (Wildman–Crippen LogP) is 2.25. The molecule has 1 aliphatic heterocycles. The molecule has 1 aromatic rings. The van der Waals surface area contributed by atoms with Crippen LogP contribution in [0.1, 0.15) is 47.5 Å². The quantitative estimate of drug-likeness (QED) is 0.886. The van der Waals surface area contributed by atoms with Crippen LogP contribution >= 0.6 is 11.3 Å². The highest BCUT2D eigenvalue weighted by Crippen LogP contribution is 2.38.